The van der Waals surface area contributed by atoms with E-state index in [-0.39, 0.29) is 0 Å². The molecule has 0 fully saturated rings. The van der Waals surface area contributed by atoms with Gasteiger partial charge in [-0.25, -0.2) is 0 Å². The van der Waals surface area contributed by atoms with Crippen molar-refractivity contribution in [3.63, 3.8) is 0 Å². The Morgan fingerprint density at radius 2 is 2.12 bits per heavy atom. The van der Waals surface area contributed by atoms with Gasteiger partial charge < -0.3 is 9.88 Å². The highest BCUT2D eigenvalue weighted by Crippen LogP contribution is 2.21. The summed E-state index contributed by atoms with van der Waals surface area (Å²) in [6, 6.07) is 8.77. The largest absolute Gasteiger partial charge is 0.334 e. The van der Waals surface area contributed by atoms with Crippen molar-refractivity contribution in [3.05, 3.63) is 35.5 Å². The van der Waals surface area contributed by atoms with E-state index in [1.807, 2.05) is 14.0 Å². The van der Waals surface area contributed by atoms with Crippen LogP contribution in [0.3, 0.4) is 0 Å². The molecule has 2 nitrogen and oxygen atoms in total. The number of nitrogens with zero attached hydrogens (tertiary/aromatic N) is 1. The van der Waals surface area contributed by atoms with Crippen LogP contribution < -0.4 is 5.32 Å². The third-order valence-electron chi connectivity index (χ3n) is 2.92. The Bertz CT molecular complexity index is 582. The number of fused-ring (bicyclic) bond motifs is 1. The summed E-state index contributed by atoms with van der Waals surface area (Å²) in [7, 11) is 1.97. The van der Waals surface area contributed by atoms with Gasteiger partial charge in [0.25, 0.3) is 0 Å². The van der Waals surface area contributed by atoms with Gasteiger partial charge in [0, 0.05) is 24.0 Å². The van der Waals surface area contributed by atoms with Crippen molar-refractivity contribution in [3.8, 4) is 11.8 Å². The standard InChI is InChI=1S/C15H18N2/c1-4-6-14-10-13-9-12(11-16-3)7-8-15(13)17(14)5-2/h7-10,16H,5,11H2,1-3H3. The zero-order valence-electron chi connectivity index (χ0n) is 10.7. The summed E-state index contributed by atoms with van der Waals surface area (Å²) >= 11 is 0. The van der Waals surface area contributed by atoms with Gasteiger partial charge >= 0.3 is 0 Å². The number of aromatic nitrogens is 1. The van der Waals surface area contributed by atoms with Crippen LogP contribution in [0.15, 0.2) is 24.3 Å². The minimum atomic E-state index is 0.905. The maximum atomic E-state index is 3.17. The first kappa shape index (κ1) is 11.8. The Kier molecular flexibility index (Phi) is 3.51. The summed E-state index contributed by atoms with van der Waals surface area (Å²) in [5.41, 5.74) is 3.68. The topological polar surface area (TPSA) is 17.0 Å². The predicted molar refractivity (Wildman–Crippen MR) is 72.9 cm³/mol. The Morgan fingerprint density at radius 1 is 1.29 bits per heavy atom. The lowest BCUT2D eigenvalue weighted by Crippen LogP contribution is -2.04. The van der Waals surface area contributed by atoms with Gasteiger partial charge in [-0.3, -0.25) is 0 Å². The highest BCUT2D eigenvalue weighted by molar-refractivity contribution is 5.83. The van der Waals surface area contributed by atoms with Crippen LogP contribution in [-0.2, 0) is 13.1 Å². The molecule has 0 bridgehead atoms. The van der Waals surface area contributed by atoms with E-state index in [1.165, 1.54) is 16.5 Å². The minimum absolute atomic E-state index is 0.905. The molecule has 2 rings (SSSR count). The van der Waals surface area contributed by atoms with Crippen molar-refractivity contribution >= 4 is 10.9 Å². The van der Waals surface area contributed by atoms with Crippen molar-refractivity contribution in [2.75, 3.05) is 7.05 Å². The second kappa shape index (κ2) is 5.07. The van der Waals surface area contributed by atoms with E-state index in [4.69, 9.17) is 0 Å². The number of aryl methyl sites for hydroxylation is 1. The molecular weight excluding hydrogens is 208 g/mol. The second-order valence-electron chi connectivity index (χ2n) is 4.07. The molecule has 1 heterocycles. The molecule has 1 aromatic carbocycles. The monoisotopic (exact) mass is 226 g/mol. The van der Waals surface area contributed by atoms with Crippen LogP contribution in [0.5, 0.6) is 0 Å². The summed E-state index contributed by atoms with van der Waals surface area (Å²) in [6.45, 7) is 5.90. The van der Waals surface area contributed by atoms with E-state index in [2.05, 4.69) is 52.9 Å². The number of hydrogen-bond donors (Lipinski definition) is 1. The molecule has 0 atom stereocenters. The SMILES string of the molecule is CC#Cc1cc2cc(CNC)ccc2n1CC. The van der Waals surface area contributed by atoms with Crippen LogP contribution in [0.25, 0.3) is 10.9 Å². The van der Waals surface area contributed by atoms with Crippen molar-refractivity contribution in [1.82, 2.24) is 9.88 Å². The summed E-state index contributed by atoms with van der Waals surface area (Å²) in [5, 5.41) is 4.45. The zero-order chi connectivity index (χ0) is 12.3. The van der Waals surface area contributed by atoms with Gasteiger partial charge in [-0.1, -0.05) is 12.0 Å². The molecule has 0 aliphatic carbocycles. The molecule has 0 aliphatic heterocycles. The molecule has 0 aliphatic rings. The summed E-state index contributed by atoms with van der Waals surface area (Å²) in [4.78, 5) is 0. The van der Waals surface area contributed by atoms with Gasteiger partial charge in [0.15, 0.2) is 0 Å². The van der Waals surface area contributed by atoms with Crippen molar-refractivity contribution in [2.24, 2.45) is 0 Å². The molecule has 0 amide bonds. The smallest absolute Gasteiger partial charge is 0.0930 e. The molecule has 1 aromatic heterocycles. The third-order valence-corrected chi connectivity index (χ3v) is 2.92. The predicted octanol–water partition coefficient (Wildman–Crippen LogP) is 2.75. The van der Waals surface area contributed by atoms with E-state index in [0.717, 1.165) is 18.8 Å². The summed E-state index contributed by atoms with van der Waals surface area (Å²) in [6.07, 6.45) is 0. The highest BCUT2D eigenvalue weighted by atomic mass is 15.0. The average molecular weight is 226 g/mol. The molecule has 0 saturated carbocycles. The first-order chi connectivity index (χ1) is 8.30. The number of benzene rings is 1. The minimum Gasteiger partial charge on any atom is -0.334 e. The molecule has 2 aromatic rings. The maximum absolute atomic E-state index is 3.17. The van der Waals surface area contributed by atoms with Crippen LogP contribution in [-0.4, -0.2) is 11.6 Å². The van der Waals surface area contributed by atoms with Crippen LogP contribution in [0.2, 0.25) is 0 Å². The second-order valence-corrected chi connectivity index (χ2v) is 4.07. The number of rotatable bonds is 3. The Labute approximate surface area is 103 Å². The van der Waals surface area contributed by atoms with Crippen LogP contribution >= 0.6 is 0 Å². The molecule has 1 N–H and O–H groups in total. The van der Waals surface area contributed by atoms with Gasteiger partial charge in [-0.15, -0.1) is 0 Å². The van der Waals surface area contributed by atoms with Crippen molar-refractivity contribution in [1.29, 1.82) is 0 Å². The van der Waals surface area contributed by atoms with E-state index < -0.39 is 0 Å². The van der Waals surface area contributed by atoms with Gasteiger partial charge in [0.2, 0.25) is 0 Å². The highest BCUT2D eigenvalue weighted by Gasteiger charge is 2.06. The molecule has 0 unspecified atom stereocenters. The van der Waals surface area contributed by atoms with Crippen molar-refractivity contribution in [2.45, 2.75) is 26.9 Å². The van der Waals surface area contributed by atoms with Crippen LogP contribution in [0.1, 0.15) is 25.1 Å². The van der Waals surface area contributed by atoms with Gasteiger partial charge in [0.05, 0.1) is 5.69 Å². The Hall–Kier alpha value is -1.72. The first-order valence-electron chi connectivity index (χ1n) is 5.99. The van der Waals surface area contributed by atoms with Crippen LogP contribution in [0, 0.1) is 11.8 Å². The Balaban J connectivity index is 2.58. The molecule has 0 spiro atoms. The fourth-order valence-electron chi connectivity index (χ4n) is 2.21. The molecule has 17 heavy (non-hydrogen) atoms. The van der Waals surface area contributed by atoms with E-state index in [1.54, 1.807) is 0 Å². The van der Waals surface area contributed by atoms with Gasteiger partial charge in [0.1, 0.15) is 0 Å². The van der Waals surface area contributed by atoms with Gasteiger partial charge in [-0.2, -0.15) is 0 Å². The Morgan fingerprint density at radius 3 is 2.76 bits per heavy atom. The van der Waals surface area contributed by atoms with E-state index in [9.17, 15) is 0 Å². The molecule has 2 heteroatoms. The lowest BCUT2D eigenvalue weighted by molar-refractivity contribution is 0.786. The summed E-state index contributed by atoms with van der Waals surface area (Å²) in [5.74, 6) is 6.14. The fraction of sp³-hybridized carbons (Fsp3) is 0.333. The fourth-order valence-corrected chi connectivity index (χ4v) is 2.21. The average Bonchev–Trinajstić information content (AvgIpc) is 2.66. The van der Waals surface area contributed by atoms with Gasteiger partial charge in [-0.05, 0) is 50.6 Å². The lowest BCUT2D eigenvalue weighted by atomic mass is 10.1. The van der Waals surface area contributed by atoms with E-state index >= 15 is 0 Å². The zero-order valence-corrected chi connectivity index (χ0v) is 10.7. The number of hydrogen-bond acceptors (Lipinski definition) is 1. The maximum Gasteiger partial charge on any atom is 0.0930 e. The van der Waals surface area contributed by atoms with Crippen LogP contribution in [0.4, 0.5) is 0 Å². The third kappa shape index (κ3) is 2.20. The molecular formula is C15H18N2. The van der Waals surface area contributed by atoms with E-state index in [0.29, 0.717) is 0 Å². The molecule has 88 valence electrons. The molecule has 0 radical (unpaired) electrons. The quantitative estimate of drug-likeness (QED) is 0.796. The number of nitrogens with one attached hydrogen (secondary N) is 1. The normalized spacial score (nSPS) is 10.3. The first-order valence-corrected chi connectivity index (χ1v) is 5.99. The van der Waals surface area contributed by atoms with Crippen molar-refractivity contribution < 1.29 is 0 Å². The lowest BCUT2D eigenvalue weighted by Gasteiger charge is -2.04. The molecule has 0 saturated heterocycles. The summed E-state index contributed by atoms with van der Waals surface area (Å²) < 4.78 is 2.26.